The summed E-state index contributed by atoms with van der Waals surface area (Å²) in [6, 6.07) is 12.2. The van der Waals surface area contributed by atoms with Gasteiger partial charge in [0.15, 0.2) is 0 Å². The molecule has 3 rings (SSSR count). The summed E-state index contributed by atoms with van der Waals surface area (Å²) in [4.78, 5) is 26.6. The minimum Gasteiger partial charge on any atom is -0.324 e. The molecular weight excluding hydrogens is 347 g/mol. The highest BCUT2D eigenvalue weighted by Gasteiger charge is 2.30. The van der Waals surface area contributed by atoms with Crippen LogP contribution < -0.4 is 10.2 Å². The number of amides is 2. The number of hydrogen-bond acceptors (Lipinski definition) is 2. The van der Waals surface area contributed by atoms with E-state index in [1.807, 2.05) is 25.1 Å². The summed E-state index contributed by atoms with van der Waals surface area (Å²) < 4.78 is 0. The van der Waals surface area contributed by atoms with Crippen molar-refractivity contribution in [2.75, 3.05) is 10.2 Å². The molecule has 124 valence electrons. The molecule has 0 fully saturated rings. The summed E-state index contributed by atoms with van der Waals surface area (Å²) in [5.41, 5.74) is 1.91. The Morgan fingerprint density at radius 3 is 2.54 bits per heavy atom. The number of hydrogen-bond donors (Lipinski definition) is 1. The molecule has 0 saturated carbocycles. The molecule has 0 saturated heterocycles. The van der Waals surface area contributed by atoms with Gasteiger partial charge in [0, 0.05) is 22.5 Å². The fraction of sp³-hybridized carbons (Fsp3) is 0.222. The molecule has 1 atom stereocenters. The van der Waals surface area contributed by atoms with Gasteiger partial charge in [0.05, 0.1) is 17.8 Å². The highest BCUT2D eigenvalue weighted by Crippen LogP contribution is 2.33. The van der Waals surface area contributed by atoms with Gasteiger partial charge in [-0.2, -0.15) is 0 Å². The van der Waals surface area contributed by atoms with Gasteiger partial charge < -0.3 is 10.2 Å². The first-order valence-corrected chi connectivity index (χ1v) is 8.37. The van der Waals surface area contributed by atoms with E-state index in [0.29, 0.717) is 27.0 Å². The van der Waals surface area contributed by atoms with E-state index in [1.54, 1.807) is 29.2 Å². The van der Waals surface area contributed by atoms with Crippen LogP contribution in [0.1, 0.15) is 18.9 Å². The van der Waals surface area contributed by atoms with Gasteiger partial charge >= 0.3 is 0 Å². The summed E-state index contributed by atoms with van der Waals surface area (Å²) in [6.45, 7) is 1.85. The zero-order chi connectivity index (χ0) is 17.3. The molecule has 0 spiro atoms. The molecule has 1 aliphatic rings. The Bertz CT molecular complexity index is 787. The number of carbonyl (C=O) groups excluding carboxylic acids is 2. The number of fused-ring (bicyclic) bond motifs is 1. The maximum atomic E-state index is 13.0. The molecule has 1 aliphatic heterocycles. The van der Waals surface area contributed by atoms with Crippen molar-refractivity contribution in [3.8, 4) is 0 Å². The Hall–Kier alpha value is -2.04. The highest BCUT2D eigenvalue weighted by molar-refractivity contribution is 6.36. The second-order valence-corrected chi connectivity index (χ2v) is 6.57. The van der Waals surface area contributed by atoms with Gasteiger partial charge in [-0.15, -0.1) is 0 Å². The van der Waals surface area contributed by atoms with Crippen LogP contribution in [0.15, 0.2) is 42.5 Å². The molecule has 0 aliphatic carbocycles. The average Bonchev–Trinajstić information content (AvgIpc) is 2.65. The maximum absolute atomic E-state index is 13.0. The fourth-order valence-electron chi connectivity index (χ4n) is 2.91. The van der Waals surface area contributed by atoms with Gasteiger partial charge in [-0.05, 0) is 36.8 Å². The smallest absolute Gasteiger partial charge is 0.231 e. The zero-order valence-corrected chi connectivity index (χ0v) is 14.6. The lowest BCUT2D eigenvalue weighted by molar-refractivity contribution is -0.118. The van der Waals surface area contributed by atoms with E-state index in [9.17, 15) is 9.59 Å². The molecule has 2 aromatic carbocycles. The summed E-state index contributed by atoms with van der Waals surface area (Å²) in [5.74, 6) is -0.262. The van der Waals surface area contributed by atoms with Crippen LogP contribution in [0.25, 0.3) is 0 Å². The lowest BCUT2D eigenvalue weighted by Crippen LogP contribution is -2.40. The van der Waals surface area contributed by atoms with Crippen LogP contribution in [0.3, 0.4) is 0 Å². The summed E-state index contributed by atoms with van der Waals surface area (Å²) in [6.07, 6.45) is 0.308. The fourth-order valence-corrected chi connectivity index (χ4v) is 3.44. The normalized spacial score (nSPS) is 17.0. The monoisotopic (exact) mass is 362 g/mol. The summed E-state index contributed by atoms with van der Waals surface area (Å²) in [7, 11) is 0. The minimum absolute atomic E-state index is 0.0748. The topological polar surface area (TPSA) is 49.4 Å². The average molecular weight is 363 g/mol. The number of nitrogens with zero attached hydrogens (tertiary/aromatic N) is 1. The second kappa shape index (κ2) is 6.83. The largest absolute Gasteiger partial charge is 0.324 e. The van der Waals surface area contributed by atoms with E-state index in [1.165, 1.54) is 0 Å². The first-order valence-electron chi connectivity index (χ1n) is 7.61. The maximum Gasteiger partial charge on any atom is 0.231 e. The van der Waals surface area contributed by atoms with Crippen LogP contribution in [0, 0.1) is 0 Å². The minimum atomic E-state index is -0.262. The molecule has 0 radical (unpaired) electrons. The van der Waals surface area contributed by atoms with Crippen LogP contribution >= 0.6 is 23.2 Å². The molecule has 0 bridgehead atoms. The molecule has 6 heteroatoms. The third-order valence-electron chi connectivity index (χ3n) is 4.02. The number of rotatable bonds is 2. The van der Waals surface area contributed by atoms with E-state index in [-0.39, 0.29) is 30.7 Å². The van der Waals surface area contributed by atoms with E-state index >= 15 is 0 Å². The molecule has 4 nitrogen and oxygen atoms in total. The van der Waals surface area contributed by atoms with E-state index in [2.05, 4.69) is 5.32 Å². The molecule has 2 aromatic rings. The van der Waals surface area contributed by atoms with Crippen molar-refractivity contribution >= 4 is 46.4 Å². The van der Waals surface area contributed by atoms with Crippen molar-refractivity contribution in [1.29, 1.82) is 0 Å². The van der Waals surface area contributed by atoms with E-state index in [4.69, 9.17) is 23.2 Å². The predicted molar refractivity (Wildman–Crippen MR) is 96.8 cm³/mol. The molecule has 0 aromatic heterocycles. The SMILES string of the molecule is C[C@@H]1CC(=O)Nc2ccccc2N1C(=O)Cc1c(Cl)cccc1Cl. The Morgan fingerprint density at radius 1 is 1.17 bits per heavy atom. The molecular formula is C18H16Cl2N2O2. The molecule has 1 N–H and O–H groups in total. The first kappa shape index (κ1) is 16.8. The van der Waals surface area contributed by atoms with Crippen LogP contribution in [-0.4, -0.2) is 17.9 Å². The Kier molecular flexibility index (Phi) is 4.78. The van der Waals surface area contributed by atoms with Gasteiger partial charge in [-0.1, -0.05) is 41.4 Å². The third-order valence-corrected chi connectivity index (χ3v) is 4.73. The Balaban J connectivity index is 1.98. The number of para-hydroxylation sites is 2. The number of benzene rings is 2. The lowest BCUT2D eigenvalue weighted by Gasteiger charge is -2.28. The number of halogens is 2. The summed E-state index contributed by atoms with van der Waals surface area (Å²) in [5, 5.41) is 3.76. The van der Waals surface area contributed by atoms with Crippen LogP contribution in [0.5, 0.6) is 0 Å². The molecule has 0 unspecified atom stereocenters. The van der Waals surface area contributed by atoms with Crippen LogP contribution in [-0.2, 0) is 16.0 Å². The Labute approximate surface area is 150 Å². The van der Waals surface area contributed by atoms with Gasteiger partial charge in [-0.3, -0.25) is 9.59 Å². The van der Waals surface area contributed by atoms with Crippen molar-refractivity contribution in [2.24, 2.45) is 0 Å². The summed E-state index contributed by atoms with van der Waals surface area (Å²) >= 11 is 12.4. The number of nitrogens with one attached hydrogen (secondary N) is 1. The standard InChI is InChI=1S/C18H16Cl2N2O2/c1-11-9-17(23)21-15-7-2-3-8-16(15)22(11)18(24)10-12-13(19)5-4-6-14(12)20/h2-8,11H,9-10H2,1H3,(H,21,23)/t11-/m1/s1. The van der Waals surface area contributed by atoms with E-state index in [0.717, 1.165) is 0 Å². The van der Waals surface area contributed by atoms with Gasteiger partial charge in [0.25, 0.3) is 0 Å². The van der Waals surface area contributed by atoms with Gasteiger partial charge in [-0.25, -0.2) is 0 Å². The van der Waals surface area contributed by atoms with Crippen molar-refractivity contribution in [3.05, 3.63) is 58.1 Å². The van der Waals surface area contributed by atoms with Gasteiger partial charge in [0.1, 0.15) is 0 Å². The third kappa shape index (κ3) is 3.25. The van der Waals surface area contributed by atoms with Crippen molar-refractivity contribution in [2.45, 2.75) is 25.8 Å². The second-order valence-electron chi connectivity index (χ2n) is 5.76. The number of anilines is 2. The van der Waals surface area contributed by atoms with Crippen LogP contribution in [0.2, 0.25) is 10.0 Å². The zero-order valence-electron chi connectivity index (χ0n) is 13.1. The quantitative estimate of drug-likeness (QED) is 0.865. The van der Waals surface area contributed by atoms with Crippen LogP contribution in [0.4, 0.5) is 11.4 Å². The molecule has 2 amide bonds. The van der Waals surface area contributed by atoms with Crippen molar-refractivity contribution in [3.63, 3.8) is 0 Å². The van der Waals surface area contributed by atoms with Gasteiger partial charge in [0.2, 0.25) is 11.8 Å². The number of carbonyl (C=O) groups is 2. The first-order chi connectivity index (χ1) is 11.5. The molecule has 1 heterocycles. The molecule has 24 heavy (non-hydrogen) atoms. The highest BCUT2D eigenvalue weighted by atomic mass is 35.5. The van der Waals surface area contributed by atoms with Crippen molar-refractivity contribution in [1.82, 2.24) is 0 Å². The van der Waals surface area contributed by atoms with E-state index < -0.39 is 0 Å². The Morgan fingerprint density at radius 2 is 1.83 bits per heavy atom. The lowest BCUT2D eigenvalue weighted by atomic mass is 10.1. The predicted octanol–water partition coefficient (Wildman–Crippen LogP) is 4.30. The van der Waals surface area contributed by atoms with Crippen molar-refractivity contribution < 1.29 is 9.59 Å².